The highest BCUT2D eigenvalue weighted by atomic mass is 16.5. The van der Waals surface area contributed by atoms with Gasteiger partial charge in [0.15, 0.2) is 0 Å². The molecule has 2 unspecified atom stereocenters. The zero-order valence-electron chi connectivity index (χ0n) is 8.55. The second-order valence-electron chi connectivity index (χ2n) is 3.65. The highest BCUT2D eigenvalue weighted by Gasteiger charge is 2.24. The number of aliphatic hydroxyl groups excluding tert-OH is 1. The van der Waals surface area contributed by atoms with Crippen LogP contribution in [0.4, 0.5) is 5.82 Å². The first-order valence-corrected chi connectivity index (χ1v) is 4.87. The largest absolute Gasteiger partial charge is 0.393 e. The number of rotatable bonds is 2. The summed E-state index contributed by atoms with van der Waals surface area (Å²) in [5.74, 6) is 0.496. The molecule has 2 atom stereocenters. The molecule has 2 rings (SSSR count). The molecule has 15 heavy (non-hydrogen) atoms. The van der Waals surface area contributed by atoms with Gasteiger partial charge in [-0.25, -0.2) is 4.98 Å². The first-order valence-electron chi connectivity index (χ1n) is 4.87. The fourth-order valence-corrected chi connectivity index (χ4v) is 1.62. The molecule has 2 heterocycles. The summed E-state index contributed by atoms with van der Waals surface area (Å²) in [6.45, 7) is 1.97. The average Bonchev–Trinajstić information content (AvgIpc) is 2.61. The number of nitrogen functional groups attached to an aromatic ring is 1. The minimum absolute atomic E-state index is 0.0151. The number of ether oxygens (including phenoxy) is 1. The molecule has 4 heteroatoms. The van der Waals surface area contributed by atoms with Crippen molar-refractivity contribution < 1.29 is 9.84 Å². The summed E-state index contributed by atoms with van der Waals surface area (Å²) in [4.78, 5) is 4.01. The molecule has 1 aromatic heterocycles. The summed E-state index contributed by atoms with van der Waals surface area (Å²) in [7, 11) is 0. The van der Waals surface area contributed by atoms with Gasteiger partial charge < -0.3 is 15.6 Å². The second kappa shape index (κ2) is 4.00. The maximum absolute atomic E-state index is 9.04. The van der Waals surface area contributed by atoms with E-state index in [4.69, 9.17) is 15.6 Å². The van der Waals surface area contributed by atoms with Crippen molar-refractivity contribution in [3.8, 4) is 0 Å². The third kappa shape index (κ3) is 2.00. The molecule has 0 aliphatic carbocycles. The van der Waals surface area contributed by atoms with E-state index in [2.05, 4.69) is 4.98 Å². The van der Waals surface area contributed by atoms with Crippen LogP contribution < -0.4 is 5.73 Å². The fraction of sp³-hybridized carbons (Fsp3) is 0.364. The molecule has 0 radical (unpaired) electrons. The van der Waals surface area contributed by atoms with Gasteiger partial charge in [0.2, 0.25) is 0 Å². The number of nitrogens with zero attached hydrogens (tertiary/aromatic N) is 1. The van der Waals surface area contributed by atoms with Gasteiger partial charge in [-0.15, -0.1) is 0 Å². The summed E-state index contributed by atoms with van der Waals surface area (Å²) < 4.78 is 5.63. The Bertz CT molecular complexity index is 373. The molecule has 0 saturated heterocycles. The van der Waals surface area contributed by atoms with Gasteiger partial charge in [0.1, 0.15) is 18.0 Å². The Morgan fingerprint density at radius 2 is 2.33 bits per heavy atom. The van der Waals surface area contributed by atoms with E-state index in [0.29, 0.717) is 5.82 Å². The van der Waals surface area contributed by atoms with Crippen molar-refractivity contribution in [2.75, 3.05) is 12.3 Å². The standard InChI is InChI=1S/C11H14N2O2/c1-7-4-9(15-10(7)6-14)8-2-3-11(12)13-5-8/h2-5,9-10,14H,6H2,1H3,(H2,12,13). The van der Waals surface area contributed by atoms with Crippen LogP contribution in [0.1, 0.15) is 18.6 Å². The molecule has 0 fully saturated rings. The van der Waals surface area contributed by atoms with Crippen molar-refractivity contribution in [1.82, 2.24) is 4.98 Å². The van der Waals surface area contributed by atoms with Gasteiger partial charge in [-0.1, -0.05) is 6.07 Å². The topological polar surface area (TPSA) is 68.4 Å². The molecule has 4 nitrogen and oxygen atoms in total. The Morgan fingerprint density at radius 3 is 2.87 bits per heavy atom. The number of aromatic nitrogens is 1. The lowest BCUT2D eigenvalue weighted by atomic mass is 10.1. The van der Waals surface area contributed by atoms with Crippen LogP contribution in [0.2, 0.25) is 0 Å². The van der Waals surface area contributed by atoms with E-state index < -0.39 is 0 Å². The quantitative estimate of drug-likeness (QED) is 0.709. The lowest BCUT2D eigenvalue weighted by molar-refractivity contribution is 0.0207. The van der Waals surface area contributed by atoms with Crippen LogP contribution in [-0.2, 0) is 4.74 Å². The summed E-state index contributed by atoms with van der Waals surface area (Å²) in [6, 6.07) is 3.63. The fourth-order valence-electron chi connectivity index (χ4n) is 1.62. The van der Waals surface area contributed by atoms with Gasteiger partial charge in [0.05, 0.1) is 6.61 Å². The Kier molecular flexibility index (Phi) is 2.70. The number of anilines is 1. The minimum Gasteiger partial charge on any atom is -0.393 e. The van der Waals surface area contributed by atoms with Crippen LogP contribution >= 0.6 is 0 Å². The van der Waals surface area contributed by atoms with Crippen LogP contribution in [0.25, 0.3) is 0 Å². The number of hydrogen-bond acceptors (Lipinski definition) is 4. The van der Waals surface area contributed by atoms with E-state index >= 15 is 0 Å². The van der Waals surface area contributed by atoms with Crippen molar-refractivity contribution >= 4 is 5.82 Å². The maximum atomic E-state index is 9.04. The molecule has 1 aromatic rings. The third-order valence-electron chi connectivity index (χ3n) is 2.54. The lowest BCUT2D eigenvalue weighted by Gasteiger charge is -2.13. The Labute approximate surface area is 88.4 Å². The Balaban J connectivity index is 2.17. The molecule has 0 spiro atoms. The van der Waals surface area contributed by atoms with Gasteiger partial charge in [-0.05, 0) is 24.6 Å². The monoisotopic (exact) mass is 206 g/mol. The van der Waals surface area contributed by atoms with Gasteiger partial charge in [-0.2, -0.15) is 0 Å². The Morgan fingerprint density at radius 1 is 1.53 bits per heavy atom. The number of pyridine rings is 1. The van der Waals surface area contributed by atoms with E-state index in [1.165, 1.54) is 0 Å². The van der Waals surface area contributed by atoms with Crippen LogP contribution in [-0.4, -0.2) is 22.8 Å². The van der Waals surface area contributed by atoms with E-state index in [9.17, 15) is 0 Å². The lowest BCUT2D eigenvalue weighted by Crippen LogP contribution is -2.14. The number of nitrogens with two attached hydrogens (primary N) is 1. The number of aliphatic hydroxyl groups is 1. The van der Waals surface area contributed by atoms with Crippen LogP contribution in [0.5, 0.6) is 0 Å². The summed E-state index contributed by atoms with van der Waals surface area (Å²) >= 11 is 0. The van der Waals surface area contributed by atoms with Gasteiger partial charge in [-0.3, -0.25) is 0 Å². The summed E-state index contributed by atoms with van der Waals surface area (Å²) in [5.41, 5.74) is 7.51. The highest BCUT2D eigenvalue weighted by Crippen LogP contribution is 2.30. The molecular formula is C11H14N2O2. The number of hydrogen-bond donors (Lipinski definition) is 2. The van der Waals surface area contributed by atoms with E-state index in [-0.39, 0.29) is 18.8 Å². The minimum atomic E-state index is -0.187. The van der Waals surface area contributed by atoms with Crippen molar-refractivity contribution in [3.63, 3.8) is 0 Å². The van der Waals surface area contributed by atoms with E-state index in [1.807, 2.05) is 19.1 Å². The second-order valence-corrected chi connectivity index (χ2v) is 3.65. The van der Waals surface area contributed by atoms with Crippen LogP contribution in [0.15, 0.2) is 30.0 Å². The van der Waals surface area contributed by atoms with Crippen LogP contribution in [0.3, 0.4) is 0 Å². The van der Waals surface area contributed by atoms with E-state index in [1.54, 1.807) is 12.3 Å². The third-order valence-corrected chi connectivity index (χ3v) is 2.54. The molecular weight excluding hydrogens is 192 g/mol. The van der Waals surface area contributed by atoms with E-state index in [0.717, 1.165) is 11.1 Å². The maximum Gasteiger partial charge on any atom is 0.123 e. The van der Waals surface area contributed by atoms with Crippen LogP contribution in [0, 0.1) is 0 Å². The van der Waals surface area contributed by atoms with Gasteiger partial charge in [0.25, 0.3) is 0 Å². The first kappa shape index (κ1) is 10.1. The molecule has 1 aliphatic rings. The van der Waals surface area contributed by atoms with Crippen molar-refractivity contribution in [1.29, 1.82) is 0 Å². The smallest absolute Gasteiger partial charge is 0.123 e. The molecule has 0 amide bonds. The zero-order chi connectivity index (χ0) is 10.8. The molecule has 0 bridgehead atoms. The van der Waals surface area contributed by atoms with Gasteiger partial charge >= 0.3 is 0 Å². The molecule has 3 N–H and O–H groups in total. The summed E-state index contributed by atoms with van der Waals surface area (Å²) in [6.07, 6.45) is 3.39. The zero-order valence-corrected chi connectivity index (χ0v) is 8.55. The summed E-state index contributed by atoms with van der Waals surface area (Å²) in [5, 5.41) is 9.04. The van der Waals surface area contributed by atoms with Crippen molar-refractivity contribution in [3.05, 3.63) is 35.5 Å². The van der Waals surface area contributed by atoms with Gasteiger partial charge in [0, 0.05) is 11.8 Å². The average molecular weight is 206 g/mol. The molecule has 80 valence electrons. The SMILES string of the molecule is CC1=CC(c2ccc(N)nc2)OC1CO. The van der Waals surface area contributed by atoms with Crippen molar-refractivity contribution in [2.45, 2.75) is 19.1 Å². The molecule has 1 aliphatic heterocycles. The molecule has 0 saturated carbocycles. The predicted octanol–water partition coefficient (Wildman–Crippen LogP) is 1.04. The normalized spacial score (nSPS) is 25.3. The first-order chi connectivity index (χ1) is 7.20. The molecule has 0 aromatic carbocycles. The Hall–Kier alpha value is -1.39. The highest BCUT2D eigenvalue weighted by molar-refractivity contribution is 5.33. The predicted molar refractivity (Wildman–Crippen MR) is 57.1 cm³/mol. The van der Waals surface area contributed by atoms with Crippen molar-refractivity contribution in [2.24, 2.45) is 0 Å².